The first-order valence-corrected chi connectivity index (χ1v) is 15.7. The second kappa shape index (κ2) is 11.2. The van der Waals surface area contributed by atoms with Gasteiger partial charge in [-0.2, -0.15) is 0 Å². The molecule has 0 atom stereocenters. The van der Waals surface area contributed by atoms with Crippen LogP contribution in [0.15, 0.2) is 120 Å². The van der Waals surface area contributed by atoms with Gasteiger partial charge in [-0.05, 0) is 42.5 Å². The number of rotatable bonds is 4. The fraction of sp³-hybridized carbons (Fsp3) is 0. The van der Waals surface area contributed by atoms with Crippen molar-refractivity contribution in [3.63, 3.8) is 0 Å². The normalized spacial score (nSPS) is 11.7. The van der Waals surface area contributed by atoms with E-state index in [9.17, 15) is 0 Å². The molecule has 0 unspecified atom stereocenters. The zero-order valence-corrected chi connectivity index (χ0v) is 26.1. The van der Waals surface area contributed by atoms with E-state index >= 15 is 0 Å². The molecule has 216 valence electrons. The van der Waals surface area contributed by atoms with Crippen LogP contribution in [-0.4, -0.2) is 58.8 Å². The second-order valence-corrected chi connectivity index (χ2v) is 12.0. The maximum atomic E-state index is 6.43. The third-order valence-electron chi connectivity index (χ3n) is 9.14. The van der Waals surface area contributed by atoms with Crippen molar-refractivity contribution in [2.45, 2.75) is 0 Å². The van der Waals surface area contributed by atoms with E-state index in [1.54, 1.807) is 0 Å². The van der Waals surface area contributed by atoms with Crippen molar-refractivity contribution in [2.75, 3.05) is 0 Å². The Balaban J connectivity index is 1.22. The molecule has 0 bridgehead atoms. The number of fused-ring (bicyclic) bond motifs is 6. The summed E-state index contributed by atoms with van der Waals surface area (Å²) in [6.07, 6.45) is 0. The number of hydrogen-bond acceptors (Lipinski definition) is 4. The molecule has 10 heteroatoms. The van der Waals surface area contributed by atoms with E-state index in [2.05, 4.69) is 65.2 Å². The molecule has 9 rings (SSSR count). The fourth-order valence-corrected chi connectivity index (χ4v) is 6.67. The lowest BCUT2D eigenvalue weighted by Gasteiger charge is -2.20. The quantitative estimate of drug-likeness (QED) is 0.283. The van der Waals surface area contributed by atoms with Gasteiger partial charge in [0.2, 0.25) is 0 Å². The van der Waals surface area contributed by atoms with Crippen LogP contribution in [0.3, 0.4) is 0 Å². The maximum Gasteiger partial charge on any atom is 0.164 e. The van der Waals surface area contributed by atoms with Gasteiger partial charge in [-0.15, -0.1) is 16.4 Å². The van der Waals surface area contributed by atoms with Gasteiger partial charge in [0.25, 0.3) is 0 Å². The predicted molar refractivity (Wildman–Crippen MR) is 205 cm³/mol. The third kappa shape index (κ3) is 4.58. The van der Waals surface area contributed by atoms with Gasteiger partial charge in [-0.3, -0.25) is 0 Å². The molecule has 0 saturated heterocycles. The molecular weight excluding hydrogens is 595 g/mol. The van der Waals surface area contributed by atoms with Crippen molar-refractivity contribution in [1.29, 1.82) is 0 Å². The number of para-hydroxylation sites is 2. The van der Waals surface area contributed by atoms with E-state index in [0.717, 1.165) is 38.6 Å². The molecule has 0 amide bonds. The standard InChI is InChI=1S/C39H19B5N4O/c40-32-31(33(41)35(43)36(44)34(32)42)39-46-37(20-8-2-1-3-9-20)45-38(47-39)21-14-16-25-26-19-22(15-17-29(26)49-30(25)18-21)48-27-12-6-4-10-23(27)24-11-5-7-13-28(24)48/h1-19H. The Hall–Kier alpha value is -5.75. The average molecular weight is 614 g/mol. The van der Waals surface area contributed by atoms with Crippen LogP contribution in [0.4, 0.5) is 0 Å². The fourth-order valence-electron chi connectivity index (χ4n) is 6.67. The second-order valence-electron chi connectivity index (χ2n) is 12.0. The van der Waals surface area contributed by atoms with Crippen molar-refractivity contribution >= 4 is 110 Å². The molecule has 0 aliphatic carbocycles. The highest BCUT2D eigenvalue weighted by Gasteiger charge is 2.19. The Morgan fingerprint density at radius 3 is 1.67 bits per heavy atom. The molecule has 5 nitrogen and oxygen atoms in total. The van der Waals surface area contributed by atoms with E-state index in [1.165, 1.54) is 10.8 Å². The van der Waals surface area contributed by atoms with Gasteiger partial charge in [0.05, 0.1) is 11.0 Å². The van der Waals surface area contributed by atoms with Gasteiger partial charge in [-0.1, -0.05) is 83.7 Å². The SMILES string of the molecule is [B]c1c([B])c([B])c(-c2nc(-c3ccccc3)nc(-c3ccc4c(c3)oc3ccc(-n5c6ccccc6c6ccccc65)cc34)n2)c([B])c1[B]. The largest absolute Gasteiger partial charge is 0.456 e. The molecule has 10 radical (unpaired) electrons. The summed E-state index contributed by atoms with van der Waals surface area (Å²) in [4.78, 5) is 14.4. The average Bonchev–Trinajstić information content (AvgIpc) is 3.68. The molecule has 49 heavy (non-hydrogen) atoms. The van der Waals surface area contributed by atoms with Crippen LogP contribution in [0.2, 0.25) is 0 Å². The molecular formula is C39H19B5N4O. The van der Waals surface area contributed by atoms with Crippen LogP contribution in [0.1, 0.15) is 0 Å². The first-order valence-electron chi connectivity index (χ1n) is 15.7. The van der Waals surface area contributed by atoms with Crippen LogP contribution in [-0.2, 0) is 0 Å². The van der Waals surface area contributed by atoms with Gasteiger partial charge in [0.1, 0.15) is 50.4 Å². The number of hydrogen-bond donors (Lipinski definition) is 0. The zero-order valence-electron chi connectivity index (χ0n) is 26.1. The minimum atomic E-state index is 0.118. The van der Waals surface area contributed by atoms with Crippen molar-refractivity contribution in [3.05, 3.63) is 115 Å². The number of nitrogens with zero attached hydrogens (tertiary/aromatic N) is 4. The molecule has 0 N–H and O–H groups in total. The molecule has 6 aromatic carbocycles. The Morgan fingerprint density at radius 2 is 1.00 bits per heavy atom. The zero-order chi connectivity index (χ0) is 33.4. The maximum absolute atomic E-state index is 6.43. The molecule has 0 aliphatic heterocycles. The van der Waals surface area contributed by atoms with E-state index < -0.39 is 0 Å². The molecule has 9 aromatic rings. The van der Waals surface area contributed by atoms with E-state index in [1.807, 2.05) is 54.6 Å². The van der Waals surface area contributed by atoms with Gasteiger partial charge in [0.15, 0.2) is 17.5 Å². The Morgan fingerprint density at radius 1 is 0.429 bits per heavy atom. The topological polar surface area (TPSA) is 56.7 Å². The summed E-state index contributed by atoms with van der Waals surface area (Å²) in [5.41, 5.74) is 7.23. The summed E-state index contributed by atoms with van der Waals surface area (Å²) in [5.74, 6) is 1.04. The molecule has 0 fully saturated rings. The van der Waals surface area contributed by atoms with Crippen LogP contribution >= 0.6 is 0 Å². The van der Waals surface area contributed by atoms with Gasteiger partial charge in [-0.25, -0.2) is 15.0 Å². The third-order valence-corrected chi connectivity index (χ3v) is 9.14. The van der Waals surface area contributed by atoms with Gasteiger partial charge < -0.3 is 8.98 Å². The lowest BCUT2D eigenvalue weighted by Crippen LogP contribution is -2.55. The summed E-state index contributed by atoms with van der Waals surface area (Å²) >= 11 is 0. The van der Waals surface area contributed by atoms with Crippen LogP contribution < -0.4 is 27.3 Å². The summed E-state index contributed by atoms with van der Waals surface area (Å²) in [5, 5.41) is 4.38. The number of benzene rings is 6. The van der Waals surface area contributed by atoms with Crippen LogP contribution in [0, 0.1) is 0 Å². The van der Waals surface area contributed by atoms with E-state index in [4.69, 9.17) is 58.6 Å². The highest BCUT2D eigenvalue weighted by molar-refractivity contribution is 6.68. The summed E-state index contributed by atoms with van der Waals surface area (Å²) < 4.78 is 8.70. The number of furan rings is 1. The van der Waals surface area contributed by atoms with E-state index in [-0.39, 0.29) is 33.1 Å². The molecule has 3 aromatic heterocycles. The first-order chi connectivity index (χ1) is 23.9. The van der Waals surface area contributed by atoms with Crippen molar-refractivity contribution in [2.24, 2.45) is 0 Å². The van der Waals surface area contributed by atoms with E-state index in [0.29, 0.717) is 28.4 Å². The van der Waals surface area contributed by atoms with Gasteiger partial charge in [0, 0.05) is 43.9 Å². The lowest BCUT2D eigenvalue weighted by atomic mass is 9.60. The number of aromatic nitrogens is 4. The van der Waals surface area contributed by atoms with Crippen molar-refractivity contribution < 1.29 is 4.42 Å². The first kappa shape index (κ1) is 29.4. The highest BCUT2D eigenvalue weighted by Crippen LogP contribution is 2.36. The molecule has 0 spiro atoms. The lowest BCUT2D eigenvalue weighted by molar-refractivity contribution is 0.669. The smallest absolute Gasteiger partial charge is 0.164 e. The molecule has 3 heterocycles. The minimum Gasteiger partial charge on any atom is -0.456 e. The Labute approximate surface area is 288 Å². The van der Waals surface area contributed by atoms with Crippen molar-refractivity contribution in [3.8, 4) is 39.9 Å². The predicted octanol–water partition coefficient (Wildman–Crippen LogP) is 3.84. The monoisotopic (exact) mass is 614 g/mol. The summed E-state index contributed by atoms with van der Waals surface area (Å²) in [7, 11) is 31.4. The summed E-state index contributed by atoms with van der Waals surface area (Å²) in [6, 6.07) is 38.7. The summed E-state index contributed by atoms with van der Waals surface area (Å²) in [6.45, 7) is 0. The van der Waals surface area contributed by atoms with Crippen LogP contribution in [0.25, 0.3) is 83.6 Å². The Bertz CT molecular complexity index is 2710. The van der Waals surface area contributed by atoms with Gasteiger partial charge >= 0.3 is 0 Å². The highest BCUT2D eigenvalue weighted by atomic mass is 16.3. The molecule has 0 saturated carbocycles. The van der Waals surface area contributed by atoms with Crippen molar-refractivity contribution in [1.82, 2.24) is 19.5 Å². The molecule has 0 aliphatic rings. The Kier molecular flexibility index (Phi) is 6.70. The van der Waals surface area contributed by atoms with Crippen LogP contribution in [0.5, 0.6) is 0 Å². The minimum absolute atomic E-state index is 0.118.